The largest absolute Gasteiger partial charge is 0.397 e. The number of anilines is 2. The van der Waals surface area contributed by atoms with Crippen LogP contribution in [0.1, 0.15) is 38.8 Å². The molecule has 2 aromatic carbocycles. The number of rotatable bonds is 6. The lowest BCUT2D eigenvalue weighted by Gasteiger charge is -2.30. The van der Waals surface area contributed by atoms with Crippen LogP contribution in [-0.2, 0) is 0 Å². The molecule has 0 atom stereocenters. The van der Waals surface area contributed by atoms with Crippen molar-refractivity contribution in [1.82, 2.24) is 0 Å². The average Bonchev–Trinajstić information content (AvgIpc) is 2.48. The molecule has 130 valence electrons. The molecule has 2 aromatic rings. The minimum atomic E-state index is 0.613. The highest BCUT2D eigenvalue weighted by Crippen LogP contribution is 2.32. The Morgan fingerprint density at radius 3 is 2.08 bits per heavy atom. The predicted molar refractivity (Wildman–Crippen MR) is 108 cm³/mol. The zero-order chi connectivity index (χ0) is 17.9. The van der Waals surface area contributed by atoms with Crippen molar-refractivity contribution < 1.29 is 0 Å². The summed E-state index contributed by atoms with van der Waals surface area (Å²) in [6.45, 7) is 15.4. The van der Waals surface area contributed by atoms with Crippen LogP contribution in [0.15, 0.2) is 36.4 Å². The van der Waals surface area contributed by atoms with Crippen molar-refractivity contribution in [2.24, 2.45) is 11.8 Å². The molecular formula is C22H32N2. The van der Waals surface area contributed by atoms with Crippen LogP contribution in [0.4, 0.5) is 11.4 Å². The van der Waals surface area contributed by atoms with Gasteiger partial charge < -0.3 is 10.6 Å². The fraction of sp³-hybridized carbons (Fsp3) is 0.455. The van der Waals surface area contributed by atoms with E-state index in [1.807, 2.05) is 0 Å². The standard InChI is InChI=1S/C22H32N2/c1-15(2)13-24(14-16(3)4)22-11-10-19(12-21(22)23)20-9-7-8-17(5)18(20)6/h7-12,15-16H,13-14,23H2,1-6H3. The predicted octanol–water partition coefficient (Wildman–Crippen LogP) is 5.67. The number of hydrogen-bond donors (Lipinski definition) is 1. The monoisotopic (exact) mass is 324 g/mol. The molecule has 0 bridgehead atoms. The minimum absolute atomic E-state index is 0.613. The molecule has 2 heteroatoms. The van der Waals surface area contributed by atoms with Gasteiger partial charge in [-0.05, 0) is 60.1 Å². The molecule has 0 aliphatic rings. The summed E-state index contributed by atoms with van der Waals surface area (Å²) in [6.07, 6.45) is 0. The SMILES string of the molecule is Cc1cccc(-c2ccc(N(CC(C)C)CC(C)C)c(N)c2)c1C. The maximum Gasteiger partial charge on any atom is 0.0600 e. The summed E-state index contributed by atoms with van der Waals surface area (Å²) in [6, 6.07) is 13.0. The Morgan fingerprint density at radius 1 is 0.917 bits per heavy atom. The Bertz CT molecular complexity index is 676. The van der Waals surface area contributed by atoms with Gasteiger partial charge in [-0.3, -0.25) is 0 Å². The zero-order valence-corrected chi connectivity index (χ0v) is 16.1. The minimum Gasteiger partial charge on any atom is -0.397 e. The van der Waals surface area contributed by atoms with Gasteiger partial charge in [0.1, 0.15) is 0 Å². The van der Waals surface area contributed by atoms with Gasteiger partial charge in [0.2, 0.25) is 0 Å². The number of hydrogen-bond acceptors (Lipinski definition) is 2. The van der Waals surface area contributed by atoms with E-state index in [0.717, 1.165) is 24.5 Å². The van der Waals surface area contributed by atoms with E-state index in [1.54, 1.807) is 0 Å². The molecule has 0 aliphatic carbocycles. The van der Waals surface area contributed by atoms with E-state index in [4.69, 9.17) is 5.73 Å². The molecule has 2 rings (SSSR count). The van der Waals surface area contributed by atoms with Gasteiger partial charge in [-0.1, -0.05) is 52.0 Å². The topological polar surface area (TPSA) is 29.3 Å². The third-order valence-electron chi connectivity index (χ3n) is 4.45. The Morgan fingerprint density at radius 2 is 1.54 bits per heavy atom. The Hall–Kier alpha value is -1.96. The summed E-state index contributed by atoms with van der Waals surface area (Å²) in [5.41, 5.74) is 13.6. The first-order chi connectivity index (χ1) is 11.3. The number of benzene rings is 2. The highest BCUT2D eigenvalue weighted by atomic mass is 15.1. The van der Waals surface area contributed by atoms with Crippen LogP contribution < -0.4 is 10.6 Å². The normalized spacial score (nSPS) is 11.3. The van der Waals surface area contributed by atoms with Gasteiger partial charge >= 0.3 is 0 Å². The maximum absolute atomic E-state index is 6.46. The lowest BCUT2D eigenvalue weighted by Crippen LogP contribution is -2.31. The molecule has 0 saturated heterocycles. The number of nitrogen functional groups attached to an aromatic ring is 1. The quantitative estimate of drug-likeness (QED) is 0.694. The highest BCUT2D eigenvalue weighted by Gasteiger charge is 2.14. The molecule has 0 aliphatic heterocycles. The van der Waals surface area contributed by atoms with Gasteiger partial charge in [-0.15, -0.1) is 0 Å². The summed E-state index contributed by atoms with van der Waals surface area (Å²) >= 11 is 0. The van der Waals surface area contributed by atoms with Crippen molar-refractivity contribution in [1.29, 1.82) is 0 Å². The number of aryl methyl sites for hydroxylation is 1. The molecule has 0 unspecified atom stereocenters. The first-order valence-corrected chi connectivity index (χ1v) is 9.00. The second-order valence-electron chi connectivity index (χ2n) is 7.71. The van der Waals surface area contributed by atoms with Crippen LogP contribution >= 0.6 is 0 Å². The molecule has 0 saturated carbocycles. The van der Waals surface area contributed by atoms with Gasteiger partial charge in [0.15, 0.2) is 0 Å². The highest BCUT2D eigenvalue weighted by molar-refractivity contribution is 5.78. The maximum atomic E-state index is 6.46. The fourth-order valence-corrected chi connectivity index (χ4v) is 3.23. The van der Waals surface area contributed by atoms with Crippen molar-refractivity contribution in [3.05, 3.63) is 47.5 Å². The third kappa shape index (κ3) is 4.31. The Kier molecular flexibility index (Phi) is 5.93. The van der Waals surface area contributed by atoms with Crippen LogP contribution in [0, 0.1) is 25.7 Å². The summed E-state index contributed by atoms with van der Waals surface area (Å²) in [4.78, 5) is 2.43. The van der Waals surface area contributed by atoms with E-state index < -0.39 is 0 Å². The van der Waals surface area contributed by atoms with E-state index in [2.05, 4.69) is 82.8 Å². The van der Waals surface area contributed by atoms with Crippen molar-refractivity contribution in [2.45, 2.75) is 41.5 Å². The van der Waals surface area contributed by atoms with Crippen molar-refractivity contribution in [2.75, 3.05) is 23.7 Å². The zero-order valence-electron chi connectivity index (χ0n) is 16.1. The summed E-state index contributed by atoms with van der Waals surface area (Å²) in [5.74, 6) is 1.23. The van der Waals surface area contributed by atoms with Crippen LogP contribution in [0.5, 0.6) is 0 Å². The van der Waals surface area contributed by atoms with Crippen LogP contribution in [0.3, 0.4) is 0 Å². The van der Waals surface area contributed by atoms with E-state index >= 15 is 0 Å². The van der Waals surface area contributed by atoms with Gasteiger partial charge in [0.25, 0.3) is 0 Å². The first-order valence-electron chi connectivity index (χ1n) is 9.00. The molecule has 0 spiro atoms. The third-order valence-corrected chi connectivity index (χ3v) is 4.45. The van der Waals surface area contributed by atoms with E-state index in [1.165, 1.54) is 22.3 Å². The van der Waals surface area contributed by atoms with E-state index in [9.17, 15) is 0 Å². The van der Waals surface area contributed by atoms with E-state index in [-0.39, 0.29) is 0 Å². The number of nitrogens with zero attached hydrogens (tertiary/aromatic N) is 1. The van der Waals surface area contributed by atoms with Gasteiger partial charge in [0.05, 0.1) is 11.4 Å². The van der Waals surface area contributed by atoms with Crippen molar-refractivity contribution in [3.8, 4) is 11.1 Å². The second kappa shape index (κ2) is 7.74. The summed E-state index contributed by atoms with van der Waals surface area (Å²) in [7, 11) is 0. The second-order valence-corrected chi connectivity index (χ2v) is 7.71. The number of nitrogens with two attached hydrogens (primary N) is 1. The first kappa shape index (κ1) is 18.4. The molecule has 0 fully saturated rings. The van der Waals surface area contributed by atoms with Crippen molar-refractivity contribution in [3.63, 3.8) is 0 Å². The Labute approximate surface area is 147 Å². The average molecular weight is 325 g/mol. The van der Waals surface area contributed by atoms with Gasteiger partial charge in [0, 0.05) is 13.1 Å². The lowest BCUT2D eigenvalue weighted by molar-refractivity contribution is 0.553. The molecule has 2 N–H and O–H groups in total. The van der Waals surface area contributed by atoms with Crippen LogP contribution in [-0.4, -0.2) is 13.1 Å². The van der Waals surface area contributed by atoms with Crippen LogP contribution in [0.2, 0.25) is 0 Å². The molecule has 2 nitrogen and oxygen atoms in total. The molecule has 0 heterocycles. The van der Waals surface area contributed by atoms with E-state index in [0.29, 0.717) is 11.8 Å². The lowest BCUT2D eigenvalue weighted by atomic mass is 9.96. The van der Waals surface area contributed by atoms with Crippen molar-refractivity contribution >= 4 is 11.4 Å². The molecule has 0 radical (unpaired) electrons. The van der Waals surface area contributed by atoms with Crippen LogP contribution in [0.25, 0.3) is 11.1 Å². The molecule has 0 aromatic heterocycles. The smallest absolute Gasteiger partial charge is 0.0600 e. The van der Waals surface area contributed by atoms with Gasteiger partial charge in [-0.25, -0.2) is 0 Å². The van der Waals surface area contributed by atoms with Gasteiger partial charge in [-0.2, -0.15) is 0 Å². The summed E-state index contributed by atoms with van der Waals surface area (Å²) in [5, 5.41) is 0. The molecule has 0 amide bonds. The molecular weight excluding hydrogens is 292 g/mol. The summed E-state index contributed by atoms with van der Waals surface area (Å²) < 4.78 is 0. The Balaban J connectivity index is 2.39. The fourth-order valence-electron chi connectivity index (χ4n) is 3.23. The molecule has 24 heavy (non-hydrogen) atoms.